The highest BCUT2D eigenvalue weighted by Crippen LogP contribution is 2.34. The van der Waals surface area contributed by atoms with Gasteiger partial charge >= 0.3 is 0 Å². The number of halogens is 1. The lowest BCUT2D eigenvalue weighted by Crippen LogP contribution is -2.37. The highest BCUT2D eigenvalue weighted by atomic mass is 19.1. The molecule has 0 aliphatic carbocycles. The van der Waals surface area contributed by atoms with Gasteiger partial charge in [0.05, 0.1) is 17.9 Å². The van der Waals surface area contributed by atoms with Gasteiger partial charge in [-0.1, -0.05) is 18.2 Å². The summed E-state index contributed by atoms with van der Waals surface area (Å²) in [6.07, 6.45) is 2.27. The number of para-hydroxylation sites is 1. The Morgan fingerprint density at radius 1 is 1.35 bits per heavy atom. The zero-order valence-electron chi connectivity index (χ0n) is 10.7. The third kappa shape index (κ3) is 2.06. The van der Waals surface area contributed by atoms with Crippen molar-refractivity contribution in [3.05, 3.63) is 59.7 Å². The number of aromatic nitrogens is 1. The van der Waals surface area contributed by atoms with Crippen LogP contribution in [0.2, 0.25) is 0 Å². The number of carbonyl (C=O) groups excluding carboxylic acids is 1. The fraction of sp³-hybridized carbons (Fsp3) is 0.200. The third-order valence-corrected chi connectivity index (χ3v) is 3.46. The van der Waals surface area contributed by atoms with E-state index in [2.05, 4.69) is 4.98 Å². The minimum absolute atomic E-state index is 0.00815. The molecule has 2 heterocycles. The maximum absolute atomic E-state index is 13.7. The average molecular weight is 272 g/mol. The van der Waals surface area contributed by atoms with Crippen molar-refractivity contribution in [1.29, 1.82) is 0 Å². The van der Waals surface area contributed by atoms with Crippen LogP contribution in [0.1, 0.15) is 28.4 Å². The highest BCUT2D eigenvalue weighted by molar-refractivity contribution is 6.06. The summed E-state index contributed by atoms with van der Waals surface area (Å²) in [6, 6.07) is 8.51. The van der Waals surface area contributed by atoms with Gasteiger partial charge < -0.3 is 10.0 Å². The summed E-state index contributed by atoms with van der Waals surface area (Å²) in [5.41, 5.74) is 1.32. The molecule has 0 spiro atoms. The molecular weight excluding hydrogens is 259 g/mol. The van der Waals surface area contributed by atoms with E-state index in [4.69, 9.17) is 0 Å². The molecule has 1 atom stereocenters. The monoisotopic (exact) mass is 272 g/mol. The van der Waals surface area contributed by atoms with Crippen molar-refractivity contribution in [1.82, 2.24) is 4.98 Å². The van der Waals surface area contributed by atoms with Crippen LogP contribution in [0.5, 0.6) is 0 Å². The Morgan fingerprint density at radius 2 is 2.15 bits per heavy atom. The molecule has 1 amide bonds. The number of rotatable bonds is 1. The molecule has 3 rings (SSSR count). The van der Waals surface area contributed by atoms with Gasteiger partial charge in [0.1, 0.15) is 0 Å². The number of carbonyl (C=O) groups is 1. The van der Waals surface area contributed by atoms with Crippen molar-refractivity contribution in [2.75, 3.05) is 11.4 Å². The van der Waals surface area contributed by atoms with Crippen LogP contribution in [0.3, 0.4) is 0 Å². The molecule has 1 N–H and O–H groups in total. The lowest BCUT2D eigenvalue weighted by atomic mass is 9.98. The molecule has 0 saturated carbocycles. The van der Waals surface area contributed by atoms with E-state index < -0.39 is 17.8 Å². The van der Waals surface area contributed by atoms with Crippen LogP contribution in [0.15, 0.2) is 42.7 Å². The molecule has 1 unspecified atom stereocenters. The largest absolute Gasteiger partial charge is 0.388 e. The number of aliphatic hydroxyl groups excluding tert-OH is 1. The first-order valence-corrected chi connectivity index (χ1v) is 6.37. The van der Waals surface area contributed by atoms with E-state index in [0.717, 1.165) is 6.20 Å². The molecule has 20 heavy (non-hydrogen) atoms. The van der Waals surface area contributed by atoms with Crippen molar-refractivity contribution in [3.8, 4) is 0 Å². The first kappa shape index (κ1) is 12.7. The zero-order chi connectivity index (χ0) is 14.1. The van der Waals surface area contributed by atoms with Crippen LogP contribution in [0.4, 0.5) is 10.1 Å². The minimum Gasteiger partial charge on any atom is -0.388 e. The Labute approximate surface area is 115 Å². The van der Waals surface area contributed by atoms with Gasteiger partial charge in [-0.3, -0.25) is 9.78 Å². The number of nitrogens with zero attached hydrogens (tertiary/aromatic N) is 2. The summed E-state index contributed by atoms with van der Waals surface area (Å²) in [5, 5.41) is 9.96. The molecule has 1 aliphatic heterocycles. The first-order chi connectivity index (χ1) is 9.68. The van der Waals surface area contributed by atoms with Crippen molar-refractivity contribution in [2.45, 2.75) is 12.5 Å². The molecule has 0 radical (unpaired) electrons. The number of fused-ring (bicyclic) bond motifs is 1. The maximum Gasteiger partial charge on any atom is 0.261 e. The summed E-state index contributed by atoms with van der Waals surface area (Å²) in [5.74, 6) is -1.05. The smallest absolute Gasteiger partial charge is 0.261 e. The number of hydrogen-bond donors (Lipinski definition) is 1. The summed E-state index contributed by atoms with van der Waals surface area (Å²) in [4.78, 5) is 17.6. The molecule has 102 valence electrons. The summed E-state index contributed by atoms with van der Waals surface area (Å²) < 4.78 is 13.7. The summed E-state index contributed by atoms with van der Waals surface area (Å²) in [7, 11) is 0. The van der Waals surface area contributed by atoms with Gasteiger partial charge in [-0.05, 0) is 18.6 Å². The van der Waals surface area contributed by atoms with E-state index in [-0.39, 0.29) is 5.56 Å². The van der Waals surface area contributed by atoms with E-state index in [9.17, 15) is 14.3 Å². The SMILES string of the molecule is O=C(c1ccncc1F)N1CCC(O)c2ccccc21. The molecule has 5 heteroatoms. The molecule has 0 bridgehead atoms. The minimum atomic E-state index is -0.638. The molecule has 0 saturated heterocycles. The van der Waals surface area contributed by atoms with E-state index in [1.165, 1.54) is 17.2 Å². The molecule has 4 nitrogen and oxygen atoms in total. The number of anilines is 1. The second kappa shape index (κ2) is 5.02. The van der Waals surface area contributed by atoms with Crippen molar-refractivity contribution in [3.63, 3.8) is 0 Å². The molecular formula is C15H13FN2O2. The Hall–Kier alpha value is -2.27. The van der Waals surface area contributed by atoms with Crippen LogP contribution >= 0.6 is 0 Å². The normalized spacial score (nSPS) is 17.7. The van der Waals surface area contributed by atoms with Gasteiger partial charge in [-0.2, -0.15) is 0 Å². The first-order valence-electron chi connectivity index (χ1n) is 6.37. The van der Waals surface area contributed by atoms with Crippen molar-refractivity contribution >= 4 is 11.6 Å². The molecule has 1 aromatic heterocycles. The quantitative estimate of drug-likeness (QED) is 0.866. The van der Waals surface area contributed by atoms with Gasteiger partial charge in [0.2, 0.25) is 0 Å². The Bertz CT molecular complexity index is 660. The lowest BCUT2D eigenvalue weighted by molar-refractivity contribution is 0.0966. The Morgan fingerprint density at radius 3 is 2.95 bits per heavy atom. The van der Waals surface area contributed by atoms with E-state index in [1.54, 1.807) is 18.2 Å². The van der Waals surface area contributed by atoms with Crippen molar-refractivity contribution < 1.29 is 14.3 Å². The predicted molar refractivity (Wildman–Crippen MR) is 71.9 cm³/mol. The average Bonchev–Trinajstić information content (AvgIpc) is 2.48. The summed E-state index contributed by atoms with van der Waals surface area (Å²) in [6.45, 7) is 0.360. The van der Waals surface area contributed by atoms with Gasteiger partial charge in [0.25, 0.3) is 5.91 Å². The predicted octanol–water partition coefficient (Wildman–Crippen LogP) is 2.30. The van der Waals surface area contributed by atoms with E-state index in [1.807, 2.05) is 6.07 Å². The second-order valence-corrected chi connectivity index (χ2v) is 4.68. The van der Waals surface area contributed by atoms with Crippen LogP contribution < -0.4 is 4.90 Å². The fourth-order valence-corrected chi connectivity index (χ4v) is 2.45. The standard InChI is InChI=1S/C15H13FN2O2/c16-12-9-17-7-5-10(12)15(20)18-8-6-14(19)11-3-1-2-4-13(11)18/h1-5,7,9,14,19H,6,8H2. The van der Waals surface area contributed by atoms with Gasteiger partial charge in [-0.15, -0.1) is 0 Å². The molecule has 1 aliphatic rings. The number of amides is 1. The lowest BCUT2D eigenvalue weighted by Gasteiger charge is -2.32. The number of hydrogen-bond acceptors (Lipinski definition) is 3. The van der Waals surface area contributed by atoms with Gasteiger partial charge in [0, 0.05) is 24.0 Å². The topological polar surface area (TPSA) is 53.4 Å². The number of benzene rings is 1. The highest BCUT2D eigenvalue weighted by Gasteiger charge is 2.28. The Kier molecular flexibility index (Phi) is 3.20. The number of aliphatic hydroxyl groups is 1. The van der Waals surface area contributed by atoms with E-state index in [0.29, 0.717) is 24.2 Å². The zero-order valence-corrected chi connectivity index (χ0v) is 10.7. The second-order valence-electron chi connectivity index (χ2n) is 4.68. The third-order valence-electron chi connectivity index (χ3n) is 3.46. The van der Waals surface area contributed by atoms with Crippen LogP contribution in [0, 0.1) is 5.82 Å². The van der Waals surface area contributed by atoms with Crippen LogP contribution in [-0.4, -0.2) is 22.5 Å². The van der Waals surface area contributed by atoms with E-state index >= 15 is 0 Å². The molecule has 2 aromatic rings. The maximum atomic E-state index is 13.7. The van der Waals surface area contributed by atoms with Crippen LogP contribution in [-0.2, 0) is 0 Å². The van der Waals surface area contributed by atoms with Crippen LogP contribution in [0.25, 0.3) is 0 Å². The number of pyridine rings is 1. The van der Waals surface area contributed by atoms with Gasteiger partial charge in [0.15, 0.2) is 5.82 Å². The Balaban J connectivity index is 2.02. The molecule has 1 aromatic carbocycles. The van der Waals surface area contributed by atoms with Crippen molar-refractivity contribution in [2.24, 2.45) is 0 Å². The van der Waals surface area contributed by atoms with Gasteiger partial charge in [-0.25, -0.2) is 4.39 Å². The summed E-state index contributed by atoms with van der Waals surface area (Å²) >= 11 is 0. The fourth-order valence-electron chi connectivity index (χ4n) is 2.45. The molecule has 0 fully saturated rings.